The highest BCUT2D eigenvalue weighted by Gasteiger charge is 2.31. The van der Waals surface area contributed by atoms with Gasteiger partial charge in [0.2, 0.25) is 5.91 Å². The van der Waals surface area contributed by atoms with Crippen LogP contribution in [0.5, 0.6) is 0 Å². The van der Waals surface area contributed by atoms with Crippen LogP contribution in [-0.2, 0) is 34.5 Å². The molecule has 1 aromatic heterocycles. The van der Waals surface area contributed by atoms with Crippen LogP contribution in [0.4, 0.5) is 22.0 Å². The zero-order valence-corrected chi connectivity index (χ0v) is 29.6. The Morgan fingerprint density at radius 3 is 2.34 bits per heavy atom. The average molecular weight is 758 g/mol. The van der Waals surface area contributed by atoms with Crippen LogP contribution in [0.15, 0.2) is 101 Å². The number of fused-ring (bicyclic) bond motifs is 1. The van der Waals surface area contributed by atoms with Gasteiger partial charge >= 0.3 is 6.18 Å². The van der Waals surface area contributed by atoms with Crippen LogP contribution in [0.2, 0.25) is 0 Å². The summed E-state index contributed by atoms with van der Waals surface area (Å²) in [4.78, 5) is 31.8. The Balaban J connectivity index is 1.44. The predicted molar refractivity (Wildman–Crippen MR) is 198 cm³/mol. The molecule has 0 spiro atoms. The molecule has 278 valence electrons. The smallest absolute Gasteiger partial charge is 0.383 e. The largest absolute Gasteiger partial charge is 0.416 e. The lowest BCUT2D eigenvalue weighted by molar-refractivity contribution is -0.137. The number of hydrogen-bond donors (Lipinski definition) is 0. The number of likely N-dealkylation sites (tertiary alicyclic amines) is 1. The first-order valence-electron chi connectivity index (χ1n) is 20.6. The molecule has 53 heavy (non-hydrogen) atoms. The van der Waals surface area contributed by atoms with Crippen molar-refractivity contribution in [2.45, 2.75) is 55.8 Å². The molecule has 5 aromatic rings. The maximum absolute atomic E-state index is 15.0. The second-order valence-electron chi connectivity index (χ2n) is 12.5. The number of pyridine rings is 1. The third kappa shape index (κ3) is 9.17. The van der Waals surface area contributed by atoms with Crippen molar-refractivity contribution in [1.82, 2.24) is 14.4 Å². The summed E-state index contributed by atoms with van der Waals surface area (Å²) >= 11 is 0.134. The normalized spacial score (nSPS) is 16.9. The first kappa shape index (κ1) is 28.9. The Labute approximate surface area is 320 Å². The van der Waals surface area contributed by atoms with Gasteiger partial charge in [0.25, 0.3) is 0 Å². The number of alkyl halides is 3. The Bertz CT molecular complexity index is 2520. The standard InChI is InChI=1S/C41H40F5N3O3S/c1-27-6-15-36-34(22-27)37(50)23-39(53-26-31-4-3-5-35(42)40(31)43)49(36)25-38(51)48(33-16-18-47(19-17-33)20-21-52-2)24-28-7-9-29(10-8-28)30-11-13-32(14-12-30)41(44,45)46/h3-15,22-23,33H,16-21,24-26H2,1-2H3/i6D,15D,20D2,22D,23D,26D2. The Kier molecular flexibility index (Phi) is 9.09. The molecule has 0 atom stereocenters. The molecule has 6 rings (SSSR count). The number of hydrogen-bond acceptors (Lipinski definition) is 5. The summed E-state index contributed by atoms with van der Waals surface area (Å²) in [5.74, 6) is -3.55. The number of rotatable bonds is 12. The van der Waals surface area contributed by atoms with Gasteiger partial charge in [-0.2, -0.15) is 13.2 Å². The first-order chi connectivity index (χ1) is 28.6. The number of nitrogens with zero attached hydrogens (tertiary/aromatic N) is 3. The molecular weight excluding hydrogens is 710 g/mol. The van der Waals surface area contributed by atoms with E-state index in [1.54, 1.807) is 29.2 Å². The number of aromatic nitrogens is 1. The molecule has 0 N–H and O–H groups in total. The van der Waals surface area contributed by atoms with Crippen molar-refractivity contribution in [2.75, 3.05) is 33.3 Å². The highest BCUT2D eigenvalue weighted by atomic mass is 32.2. The Morgan fingerprint density at radius 1 is 1.00 bits per heavy atom. The molecule has 1 aliphatic heterocycles. The predicted octanol–water partition coefficient (Wildman–Crippen LogP) is 8.71. The summed E-state index contributed by atoms with van der Waals surface area (Å²) in [5.41, 5.74) is -4.30. The molecule has 1 aliphatic rings. The number of amides is 1. The Hall–Kier alpha value is -4.52. The monoisotopic (exact) mass is 757 g/mol. The fourth-order valence-corrected chi connectivity index (χ4v) is 6.87. The van der Waals surface area contributed by atoms with Crippen molar-refractivity contribution in [2.24, 2.45) is 0 Å². The summed E-state index contributed by atoms with van der Waals surface area (Å²) in [7, 11) is 1.38. The lowest BCUT2D eigenvalue weighted by Crippen LogP contribution is -2.48. The number of ether oxygens (including phenoxy) is 1. The molecule has 0 unspecified atom stereocenters. The van der Waals surface area contributed by atoms with Crippen LogP contribution in [0, 0.1) is 18.6 Å². The molecule has 2 heterocycles. The maximum Gasteiger partial charge on any atom is 0.416 e. The van der Waals surface area contributed by atoms with Gasteiger partial charge in [0.05, 0.1) is 28.2 Å². The van der Waals surface area contributed by atoms with E-state index in [4.69, 9.17) is 15.7 Å². The molecular formula is C41H40F5N3O3S. The van der Waals surface area contributed by atoms with E-state index in [1.807, 2.05) is 0 Å². The molecule has 0 saturated carbocycles. The van der Waals surface area contributed by atoms with E-state index >= 15 is 4.39 Å². The van der Waals surface area contributed by atoms with Gasteiger partial charge in [-0.25, -0.2) is 8.78 Å². The number of piperidine rings is 1. The number of carbonyl (C=O) groups excluding carboxylic acids is 1. The maximum atomic E-state index is 15.0. The van der Waals surface area contributed by atoms with E-state index in [-0.39, 0.29) is 56.4 Å². The second kappa shape index (κ2) is 16.7. The average Bonchev–Trinajstić information content (AvgIpc) is 3.21. The molecule has 1 fully saturated rings. The summed E-state index contributed by atoms with van der Waals surface area (Å²) in [6.07, 6.45) is -3.97. The molecule has 6 nitrogen and oxygen atoms in total. The molecule has 0 bridgehead atoms. The van der Waals surface area contributed by atoms with Crippen LogP contribution in [0.1, 0.15) is 46.1 Å². The van der Waals surface area contributed by atoms with Crippen molar-refractivity contribution >= 4 is 28.6 Å². The van der Waals surface area contributed by atoms with Crippen molar-refractivity contribution in [3.05, 3.63) is 135 Å². The third-order valence-corrected chi connectivity index (χ3v) is 9.73. The van der Waals surface area contributed by atoms with Gasteiger partial charge in [0.1, 0.15) is 6.54 Å². The summed E-state index contributed by atoms with van der Waals surface area (Å²) in [6.45, 7) is -1.11. The minimum Gasteiger partial charge on any atom is -0.383 e. The van der Waals surface area contributed by atoms with Crippen LogP contribution >= 0.6 is 11.8 Å². The summed E-state index contributed by atoms with van der Waals surface area (Å²) < 4.78 is 145. The lowest BCUT2D eigenvalue weighted by Gasteiger charge is -2.39. The molecule has 1 saturated heterocycles. The van der Waals surface area contributed by atoms with E-state index in [1.165, 1.54) is 31.1 Å². The number of halogens is 5. The fraction of sp³-hybridized carbons (Fsp3) is 0.317. The zero-order chi connectivity index (χ0) is 44.8. The van der Waals surface area contributed by atoms with Gasteiger partial charge in [-0.05, 0) is 66.7 Å². The highest BCUT2D eigenvalue weighted by Crippen LogP contribution is 2.32. The summed E-state index contributed by atoms with van der Waals surface area (Å²) in [6, 6.07) is 11.2. The van der Waals surface area contributed by atoms with Crippen LogP contribution < -0.4 is 5.43 Å². The number of methoxy groups -OCH3 is 1. The van der Waals surface area contributed by atoms with Gasteiger partial charge in [-0.1, -0.05) is 60.1 Å². The lowest BCUT2D eigenvalue weighted by atomic mass is 10.00. The van der Waals surface area contributed by atoms with Crippen molar-refractivity contribution in [3.8, 4) is 11.1 Å². The van der Waals surface area contributed by atoms with Gasteiger partial charge in [0.15, 0.2) is 17.1 Å². The Morgan fingerprint density at radius 2 is 1.68 bits per heavy atom. The topological polar surface area (TPSA) is 54.8 Å². The van der Waals surface area contributed by atoms with Gasteiger partial charge in [-0.15, -0.1) is 11.8 Å². The minimum atomic E-state index is -4.51. The number of thioether (sulfide) groups is 1. The number of carbonyl (C=O) groups is 1. The van der Waals surface area contributed by atoms with Gasteiger partial charge in [-0.3, -0.25) is 9.59 Å². The van der Waals surface area contributed by atoms with Crippen LogP contribution in [0.25, 0.3) is 22.0 Å². The third-order valence-electron chi connectivity index (χ3n) is 8.89. The quantitative estimate of drug-likeness (QED) is 0.0942. The number of benzene rings is 4. The van der Waals surface area contributed by atoms with Gasteiger partial charge < -0.3 is 19.1 Å². The highest BCUT2D eigenvalue weighted by molar-refractivity contribution is 7.98. The molecule has 1 amide bonds. The van der Waals surface area contributed by atoms with Crippen molar-refractivity contribution in [3.63, 3.8) is 0 Å². The molecule has 0 radical (unpaired) electrons. The van der Waals surface area contributed by atoms with E-state index < -0.39 is 105 Å². The van der Waals surface area contributed by atoms with E-state index in [0.717, 1.165) is 34.9 Å². The van der Waals surface area contributed by atoms with Crippen LogP contribution in [0.3, 0.4) is 0 Å². The first-order valence-corrected chi connectivity index (χ1v) is 17.5. The minimum absolute atomic E-state index is 0.0501. The van der Waals surface area contributed by atoms with Crippen molar-refractivity contribution < 1.29 is 42.4 Å². The fourth-order valence-electron chi connectivity index (χ4n) is 6.10. The SMILES string of the molecule is [2H]c1c(C)c([2H])c2c(=O)c([2H])c(SC([2H])([2H])c3cccc(F)c3F)n(CC(=O)N(Cc3ccc(-c4ccc(C(F)(F)F)cc4)cc3)C3CCN(C([2H])([2H])COC)CC3)c2c1[2H]. The molecule has 0 aliphatic carbocycles. The van der Waals surface area contributed by atoms with E-state index in [9.17, 15) is 27.2 Å². The van der Waals surface area contributed by atoms with Gasteiger partial charge in [0, 0.05) is 67.5 Å². The van der Waals surface area contributed by atoms with E-state index in [2.05, 4.69) is 0 Å². The van der Waals surface area contributed by atoms with Crippen molar-refractivity contribution in [1.29, 1.82) is 0 Å². The molecule has 4 aromatic carbocycles. The van der Waals surface area contributed by atoms with Crippen LogP contribution in [-0.4, -0.2) is 59.6 Å². The van der Waals surface area contributed by atoms with E-state index in [0.29, 0.717) is 16.7 Å². The second-order valence-corrected chi connectivity index (χ2v) is 13.3. The summed E-state index contributed by atoms with van der Waals surface area (Å²) in [5, 5.41) is -1.00. The molecule has 12 heteroatoms. The zero-order valence-electron chi connectivity index (χ0n) is 36.7.